The van der Waals surface area contributed by atoms with Crippen LogP contribution in [-0.4, -0.2) is 29.5 Å². The molecule has 1 unspecified atom stereocenters. The fraction of sp³-hybridized carbons (Fsp3) is 0.273. The Morgan fingerprint density at radius 2 is 1.78 bits per heavy atom. The number of carbonyl (C=O) groups is 2. The van der Waals surface area contributed by atoms with Crippen molar-refractivity contribution in [1.82, 2.24) is 10.3 Å². The molecule has 1 aromatic heterocycles. The van der Waals surface area contributed by atoms with Crippen molar-refractivity contribution in [2.75, 3.05) is 6.61 Å². The molecule has 0 aliphatic heterocycles. The van der Waals surface area contributed by atoms with Gasteiger partial charge in [-0.1, -0.05) is 18.2 Å². The number of hydrogen-bond donors (Lipinski definition) is 2. The first-order valence-electron chi connectivity index (χ1n) is 9.09. The molecular weight excluding hydrogens is 340 g/mol. The lowest BCUT2D eigenvalue weighted by Gasteiger charge is -2.16. The van der Waals surface area contributed by atoms with Crippen molar-refractivity contribution >= 4 is 33.7 Å². The molecule has 0 aliphatic rings. The van der Waals surface area contributed by atoms with Crippen molar-refractivity contribution in [3.63, 3.8) is 0 Å². The van der Waals surface area contributed by atoms with Crippen LogP contribution in [-0.2, 0) is 27.2 Å². The van der Waals surface area contributed by atoms with Crippen molar-refractivity contribution in [2.45, 2.75) is 32.7 Å². The number of esters is 1. The monoisotopic (exact) mass is 364 g/mol. The van der Waals surface area contributed by atoms with Gasteiger partial charge in [0.2, 0.25) is 5.91 Å². The van der Waals surface area contributed by atoms with Crippen molar-refractivity contribution in [1.29, 1.82) is 0 Å². The molecule has 0 spiro atoms. The highest BCUT2D eigenvalue weighted by Gasteiger charge is 2.21. The third kappa shape index (κ3) is 4.19. The van der Waals surface area contributed by atoms with Crippen LogP contribution in [0.4, 0.5) is 0 Å². The number of aromatic amines is 1. The van der Waals surface area contributed by atoms with E-state index in [2.05, 4.69) is 41.1 Å². The largest absolute Gasteiger partial charge is 0.464 e. The molecule has 2 aromatic carbocycles. The number of hydrogen-bond acceptors (Lipinski definition) is 3. The van der Waals surface area contributed by atoms with Gasteiger partial charge in [-0.15, -0.1) is 6.58 Å². The molecule has 3 rings (SSSR count). The summed E-state index contributed by atoms with van der Waals surface area (Å²) in [6, 6.07) is 11.7. The highest BCUT2D eigenvalue weighted by atomic mass is 16.5. The predicted octanol–water partition coefficient (Wildman–Crippen LogP) is 3.66. The van der Waals surface area contributed by atoms with E-state index < -0.39 is 12.0 Å². The van der Waals surface area contributed by atoms with E-state index in [-0.39, 0.29) is 12.5 Å². The summed E-state index contributed by atoms with van der Waals surface area (Å²) in [4.78, 5) is 27.1. The molecule has 0 radical (unpaired) electrons. The van der Waals surface area contributed by atoms with Gasteiger partial charge in [0, 0.05) is 35.2 Å². The van der Waals surface area contributed by atoms with Gasteiger partial charge >= 0.3 is 5.97 Å². The standard InChI is InChI=1S/C22H24N2O3/c1-4-6-15-7-9-19-17(11-15)18-12-16(8-10-20(18)24-19)13-21(23-14(3)25)22(26)27-5-2/h4,7-12,21,24H,1,5-6,13H2,2-3H3,(H,23,25). The molecule has 0 fully saturated rings. The number of allylic oxidation sites excluding steroid dienone is 1. The molecule has 1 heterocycles. The molecule has 0 bridgehead atoms. The Kier molecular flexibility index (Phi) is 5.60. The summed E-state index contributed by atoms with van der Waals surface area (Å²) < 4.78 is 5.09. The van der Waals surface area contributed by atoms with Crippen molar-refractivity contribution in [3.8, 4) is 0 Å². The summed E-state index contributed by atoms with van der Waals surface area (Å²) in [6.07, 6.45) is 3.09. The van der Waals surface area contributed by atoms with E-state index in [9.17, 15) is 9.59 Å². The quantitative estimate of drug-likeness (QED) is 0.496. The van der Waals surface area contributed by atoms with E-state index in [4.69, 9.17) is 4.74 Å². The van der Waals surface area contributed by atoms with E-state index in [1.807, 2.05) is 18.2 Å². The number of fused-ring (bicyclic) bond motifs is 3. The summed E-state index contributed by atoms with van der Waals surface area (Å²) in [5.41, 5.74) is 4.27. The number of carbonyl (C=O) groups excluding carboxylic acids is 2. The molecule has 27 heavy (non-hydrogen) atoms. The summed E-state index contributed by atoms with van der Waals surface area (Å²) in [5, 5.41) is 4.92. The molecule has 1 amide bonds. The lowest BCUT2D eigenvalue weighted by molar-refractivity contribution is -0.147. The van der Waals surface area contributed by atoms with Crippen molar-refractivity contribution < 1.29 is 14.3 Å². The molecule has 5 heteroatoms. The van der Waals surface area contributed by atoms with Gasteiger partial charge in [-0.25, -0.2) is 4.79 Å². The van der Waals surface area contributed by atoms with E-state index in [1.54, 1.807) is 6.92 Å². The topological polar surface area (TPSA) is 71.2 Å². The van der Waals surface area contributed by atoms with Gasteiger partial charge in [-0.3, -0.25) is 4.79 Å². The minimum atomic E-state index is -0.693. The first-order valence-corrected chi connectivity index (χ1v) is 9.09. The first-order chi connectivity index (χ1) is 13.0. The molecule has 5 nitrogen and oxygen atoms in total. The van der Waals surface area contributed by atoms with Crippen LogP contribution in [0, 0.1) is 0 Å². The average molecular weight is 364 g/mol. The van der Waals surface area contributed by atoms with Gasteiger partial charge < -0.3 is 15.0 Å². The van der Waals surface area contributed by atoms with Gasteiger partial charge in [0.05, 0.1) is 6.61 Å². The maximum Gasteiger partial charge on any atom is 0.328 e. The van der Waals surface area contributed by atoms with E-state index in [1.165, 1.54) is 12.5 Å². The normalized spacial score (nSPS) is 12.1. The molecule has 140 valence electrons. The zero-order chi connectivity index (χ0) is 19.4. The van der Waals surface area contributed by atoms with Crippen LogP contribution in [0.5, 0.6) is 0 Å². The van der Waals surface area contributed by atoms with Crippen LogP contribution >= 0.6 is 0 Å². The number of benzene rings is 2. The SMILES string of the molecule is C=CCc1ccc2[nH]c3ccc(CC(NC(C)=O)C(=O)OCC)cc3c2c1. The predicted molar refractivity (Wildman–Crippen MR) is 108 cm³/mol. The van der Waals surface area contributed by atoms with Gasteiger partial charge in [-0.05, 0) is 48.7 Å². The molecule has 3 aromatic rings. The Labute approximate surface area is 158 Å². The number of ether oxygens (including phenoxy) is 1. The molecule has 0 aliphatic carbocycles. The second-order valence-corrected chi connectivity index (χ2v) is 6.59. The van der Waals surface area contributed by atoms with E-state index in [0.717, 1.165) is 33.8 Å². The second-order valence-electron chi connectivity index (χ2n) is 6.59. The zero-order valence-corrected chi connectivity index (χ0v) is 15.7. The van der Waals surface area contributed by atoms with E-state index in [0.29, 0.717) is 6.42 Å². The fourth-order valence-electron chi connectivity index (χ4n) is 3.33. The Bertz CT molecular complexity index is 1000. The van der Waals surface area contributed by atoms with Gasteiger partial charge in [0.1, 0.15) is 6.04 Å². The molecular formula is C22H24N2O3. The van der Waals surface area contributed by atoms with Crippen LogP contribution in [0.15, 0.2) is 49.1 Å². The van der Waals surface area contributed by atoms with Crippen molar-refractivity contribution in [2.24, 2.45) is 0 Å². The van der Waals surface area contributed by atoms with Crippen LogP contribution in [0.25, 0.3) is 21.8 Å². The Balaban J connectivity index is 1.97. The number of nitrogens with one attached hydrogen (secondary N) is 2. The summed E-state index contributed by atoms with van der Waals surface area (Å²) in [5.74, 6) is -0.671. The third-order valence-corrected chi connectivity index (χ3v) is 4.50. The molecule has 0 saturated carbocycles. The number of aromatic nitrogens is 1. The zero-order valence-electron chi connectivity index (χ0n) is 15.7. The first kappa shape index (κ1) is 18.7. The number of H-pyrrole nitrogens is 1. The van der Waals surface area contributed by atoms with Gasteiger partial charge in [0.15, 0.2) is 0 Å². The molecule has 0 saturated heterocycles. The number of rotatable bonds is 7. The summed E-state index contributed by atoms with van der Waals surface area (Å²) >= 11 is 0. The Morgan fingerprint density at radius 3 is 2.37 bits per heavy atom. The lowest BCUT2D eigenvalue weighted by atomic mass is 10.0. The van der Waals surface area contributed by atoms with Crippen LogP contribution in [0.3, 0.4) is 0 Å². The summed E-state index contributed by atoms with van der Waals surface area (Å²) in [6.45, 7) is 7.23. The van der Waals surface area contributed by atoms with E-state index >= 15 is 0 Å². The third-order valence-electron chi connectivity index (χ3n) is 4.50. The second kappa shape index (κ2) is 8.08. The Hall–Kier alpha value is -3.08. The summed E-state index contributed by atoms with van der Waals surface area (Å²) in [7, 11) is 0. The molecule has 1 atom stereocenters. The molecule has 2 N–H and O–H groups in total. The number of amides is 1. The Morgan fingerprint density at radius 1 is 1.15 bits per heavy atom. The van der Waals surface area contributed by atoms with Gasteiger partial charge in [0.25, 0.3) is 0 Å². The highest BCUT2D eigenvalue weighted by Crippen LogP contribution is 2.28. The fourth-order valence-corrected chi connectivity index (χ4v) is 3.33. The average Bonchev–Trinajstić information content (AvgIpc) is 2.99. The minimum absolute atomic E-state index is 0.254. The smallest absolute Gasteiger partial charge is 0.328 e. The van der Waals surface area contributed by atoms with Crippen LogP contribution in [0.1, 0.15) is 25.0 Å². The van der Waals surface area contributed by atoms with Gasteiger partial charge in [-0.2, -0.15) is 0 Å². The maximum absolute atomic E-state index is 12.2. The maximum atomic E-state index is 12.2. The highest BCUT2D eigenvalue weighted by molar-refractivity contribution is 6.07. The van der Waals surface area contributed by atoms with Crippen LogP contribution in [0.2, 0.25) is 0 Å². The van der Waals surface area contributed by atoms with Crippen LogP contribution < -0.4 is 5.32 Å². The lowest BCUT2D eigenvalue weighted by Crippen LogP contribution is -2.42. The minimum Gasteiger partial charge on any atom is -0.464 e. The van der Waals surface area contributed by atoms with Crippen molar-refractivity contribution in [3.05, 3.63) is 60.2 Å².